The lowest BCUT2D eigenvalue weighted by Crippen LogP contribution is -2.29. The summed E-state index contributed by atoms with van der Waals surface area (Å²) in [7, 11) is 0. The Morgan fingerprint density at radius 3 is 2.46 bits per heavy atom. The number of nitrogens with zero attached hydrogens (tertiary/aromatic N) is 1. The molecule has 0 aliphatic carbocycles. The van der Waals surface area contributed by atoms with Crippen molar-refractivity contribution in [3.05, 3.63) is 53.6 Å². The first-order valence-electron chi connectivity index (χ1n) is 9.58. The molecule has 0 spiro atoms. The van der Waals surface area contributed by atoms with Crippen LogP contribution in [0.15, 0.2) is 42.5 Å². The van der Waals surface area contributed by atoms with Gasteiger partial charge in [0.05, 0.1) is 0 Å². The Morgan fingerprint density at radius 1 is 1.00 bits per heavy atom. The molecule has 2 aromatic carbocycles. The van der Waals surface area contributed by atoms with E-state index in [2.05, 4.69) is 52.8 Å². The molecule has 2 N–H and O–H groups in total. The van der Waals surface area contributed by atoms with E-state index in [1.165, 1.54) is 30.5 Å². The average molecular weight is 351 g/mol. The molecule has 0 bridgehead atoms. The second-order valence-corrected chi connectivity index (χ2v) is 7.07. The number of aryl methyl sites for hydroxylation is 1. The first-order valence-corrected chi connectivity index (χ1v) is 9.58. The minimum Gasteiger partial charge on any atom is -0.385 e. The van der Waals surface area contributed by atoms with Gasteiger partial charge in [-0.25, -0.2) is 0 Å². The van der Waals surface area contributed by atoms with Gasteiger partial charge < -0.3 is 15.5 Å². The number of anilines is 3. The minimum atomic E-state index is 0.0381. The monoisotopic (exact) mass is 351 g/mol. The van der Waals surface area contributed by atoms with E-state index in [0.717, 1.165) is 30.0 Å². The Bertz CT molecular complexity index is 734. The summed E-state index contributed by atoms with van der Waals surface area (Å²) in [6.45, 7) is 7.03. The molecule has 138 valence electrons. The van der Waals surface area contributed by atoms with Gasteiger partial charge in [0, 0.05) is 43.1 Å². The van der Waals surface area contributed by atoms with Gasteiger partial charge in [-0.15, -0.1) is 0 Å². The van der Waals surface area contributed by atoms with E-state index in [1.807, 2.05) is 19.1 Å². The predicted molar refractivity (Wildman–Crippen MR) is 110 cm³/mol. The molecule has 4 heteroatoms. The fourth-order valence-corrected chi connectivity index (χ4v) is 3.36. The second kappa shape index (κ2) is 8.75. The number of amides is 1. The molecule has 0 aromatic heterocycles. The standard InChI is InChI=1S/C22H29N3O/c1-17-7-6-8-21(18(17)2)24-22(26)13-14-23-19-9-11-20(12-10-19)25-15-4-3-5-16-25/h6-12,23H,3-5,13-16H2,1-2H3,(H,24,26). The van der Waals surface area contributed by atoms with Crippen molar-refractivity contribution in [2.45, 2.75) is 39.5 Å². The van der Waals surface area contributed by atoms with Gasteiger partial charge in [0.25, 0.3) is 0 Å². The largest absolute Gasteiger partial charge is 0.385 e. The van der Waals surface area contributed by atoms with E-state index in [1.54, 1.807) is 0 Å². The summed E-state index contributed by atoms with van der Waals surface area (Å²) in [5.41, 5.74) is 5.57. The molecular weight excluding hydrogens is 322 g/mol. The van der Waals surface area contributed by atoms with Crippen LogP contribution in [0.3, 0.4) is 0 Å². The third kappa shape index (κ3) is 4.78. The van der Waals surface area contributed by atoms with Crippen molar-refractivity contribution in [3.63, 3.8) is 0 Å². The number of piperidine rings is 1. The topological polar surface area (TPSA) is 44.4 Å². The third-order valence-corrected chi connectivity index (χ3v) is 5.15. The molecule has 2 aromatic rings. The Labute approximate surface area is 156 Å². The molecule has 4 nitrogen and oxygen atoms in total. The number of nitrogens with one attached hydrogen (secondary N) is 2. The van der Waals surface area contributed by atoms with Gasteiger partial charge in [0.1, 0.15) is 0 Å². The van der Waals surface area contributed by atoms with Crippen molar-refractivity contribution in [1.82, 2.24) is 0 Å². The Morgan fingerprint density at radius 2 is 1.73 bits per heavy atom. The number of hydrogen-bond acceptors (Lipinski definition) is 3. The van der Waals surface area contributed by atoms with Crippen molar-refractivity contribution in [2.75, 3.05) is 35.2 Å². The van der Waals surface area contributed by atoms with E-state index in [9.17, 15) is 4.79 Å². The van der Waals surface area contributed by atoms with Crippen LogP contribution < -0.4 is 15.5 Å². The third-order valence-electron chi connectivity index (χ3n) is 5.15. The fraction of sp³-hybridized carbons (Fsp3) is 0.409. The van der Waals surface area contributed by atoms with Gasteiger partial charge in [-0.2, -0.15) is 0 Å². The highest BCUT2D eigenvalue weighted by Gasteiger charge is 2.10. The van der Waals surface area contributed by atoms with Crippen molar-refractivity contribution in [3.8, 4) is 0 Å². The van der Waals surface area contributed by atoms with Crippen LogP contribution in [-0.4, -0.2) is 25.5 Å². The van der Waals surface area contributed by atoms with Crippen LogP contribution >= 0.6 is 0 Å². The Balaban J connectivity index is 1.45. The molecule has 1 heterocycles. The van der Waals surface area contributed by atoms with Crippen LogP contribution in [0.4, 0.5) is 17.1 Å². The minimum absolute atomic E-state index is 0.0381. The summed E-state index contributed by atoms with van der Waals surface area (Å²) in [5, 5.41) is 6.34. The molecule has 1 saturated heterocycles. The van der Waals surface area contributed by atoms with Crippen molar-refractivity contribution >= 4 is 23.0 Å². The Hall–Kier alpha value is -2.49. The van der Waals surface area contributed by atoms with Crippen molar-refractivity contribution < 1.29 is 4.79 Å². The number of rotatable bonds is 6. The summed E-state index contributed by atoms with van der Waals surface area (Å²) in [4.78, 5) is 14.6. The first kappa shape index (κ1) is 18.3. The quantitative estimate of drug-likeness (QED) is 0.790. The van der Waals surface area contributed by atoms with Gasteiger partial charge in [-0.05, 0) is 74.6 Å². The number of carbonyl (C=O) groups excluding carboxylic acids is 1. The van der Waals surface area contributed by atoms with Gasteiger partial charge in [-0.3, -0.25) is 4.79 Å². The summed E-state index contributed by atoms with van der Waals surface area (Å²) in [6.07, 6.45) is 4.37. The molecular formula is C22H29N3O. The van der Waals surface area contributed by atoms with Gasteiger partial charge in [-0.1, -0.05) is 12.1 Å². The lowest BCUT2D eigenvalue weighted by Gasteiger charge is -2.28. The summed E-state index contributed by atoms with van der Waals surface area (Å²) >= 11 is 0. The number of hydrogen-bond donors (Lipinski definition) is 2. The van der Waals surface area contributed by atoms with Gasteiger partial charge in [0.2, 0.25) is 5.91 Å². The zero-order valence-corrected chi connectivity index (χ0v) is 15.8. The highest BCUT2D eigenvalue weighted by Crippen LogP contribution is 2.22. The maximum absolute atomic E-state index is 12.2. The Kier molecular flexibility index (Phi) is 6.16. The van der Waals surface area contributed by atoms with Gasteiger partial charge >= 0.3 is 0 Å². The predicted octanol–water partition coefficient (Wildman–Crippen LogP) is 4.73. The maximum atomic E-state index is 12.2. The zero-order chi connectivity index (χ0) is 18.4. The maximum Gasteiger partial charge on any atom is 0.226 e. The molecule has 0 saturated carbocycles. The zero-order valence-electron chi connectivity index (χ0n) is 15.8. The molecule has 1 aliphatic heterocycles. The lowest BCUT2D eigenvalue weighted by molar-refractivity contribution is -0.115. The van der Waals surface area contributed by atoms with Crippen LogP contribution in [0.25, 0.3) is 0 Å². The second-order valence-electron chi connectivity index (χ2n) is 7.07. The van der Waals surface area contributed by atoms with Crippen LogP contribution in [0.1, 0.15) is 36.8 Å². The fourth-order valence-electron chi connectivity index (χ4n) is 3.36. The van der Waals surface area contributed by atoms with Crippen LogP contribution in [-0.2, 0) is 4.79 Å². The van der Waals surface area contributed by atoms with Crippen LogP contribution in [0, 0.1) is 13.8 Å². The molecule has 26 heavy (non-hydrogen) atoms. The van der Waals surface area contributed by atoms with Crippen molar-refractivity contribution in [1.29, 1.82) is 0 Å². The first-order chi connectivity index (χ1) is 12.6. The van der Waals surface area contributed by atoms with Crippen LogP contribution in [0.2, 0.25) is 0 Å². The molecule has 0 atom stereocenters. The van der Waals surface area contributed by atoms with Crippen molar-refractivity contribution in [2.24, 2.45) is 0 Å². The highest BCUT2D eigenvalue weighted by molar-refractivity contribution is 5.91. The number of benzene rings is 2. The molecule has 1 aliphatic rings. The molecule has 0 unspecified atom stereocenters. The van der Waals surface area contributed by atoms with E-state index < -0.39 is 0 Å². The molecule has 3 rings (SSSR count). The van der Waals surface area contributed by atoms with E-state index in [-0.39, 0.29) is 5.91 Å². The normalized spacial score (nSPS) is 14.2. The van der Waals surface area contributed by atoms with E-state index in [0.29, 0.717) is 13.0 Å². The lowest BCUT2D eigenvalue weighted by atomic mass is 10.1. The highest BCUT2D eigenvalue weighted by atomic mass is 16.1. The summed E-state index contributed by atoms with van der Waals surface area (Å²) in [5.74, 6) is 0.0381. The SMILES string of the molecule is Cc1cccc(NC(=O)CCNc2ccc(N3CCCCC3)cc2)c1C. The summed E-state index contributed by atoms with van der Waals surface area (Å²) < 4.78 is 0. The number of carbonyl (C=O) groups is 1. The molecule has 1 fully saturated rings. The van der Waals surface area contributed by atoms with Crippen LogP contribution in [0.5, 0.6) is 0 Å². The summed E-state index contributed by atoms with van der Waals surface area (Å²) in [6, 6.07) is 14.5. The van der Waals surface area contributed by atoms with Gasteiger partial charge in [0.15, 0.2) is 0 Å². The molecule has 1 amide bonds. The van der Waals surface area contributed by atoms with E-state index in [4.69, 9.17) is 0 Å². The molecule has 0 radical (unpaired) electrons. The average Bonchev–Trinajstić information content (AvgIpc) is 2.67. The smallest absolute Gasteiger partial charge is 0.226 e. The van der Waals surface area contributed by atoms with E-state index >= 15 is 0 Å².